The van der Waals surface area contributed by atoms with Crippen LogP contribution in [0.25, 0.3) is 0 Å². The molecule has 0 radical (unpaired) electrons. The summed E-state index contributed by atoms with van der Waals surface area (Å²) < 4.78 is 32.7. The summed E-state index contributed by atoms with van der Waals surface area (Å²) in [5, 5.41) is 2.75. The van der Waals surface area contributed by atoms with Crippen LogP contribution in [0.3, 0.4) is 0 Å². The predicted octanol–water partition coefficient (Wildman–Crippen LogP) is 1.30. The van der Waals surface area contributed by atoms with E-state index in [0.717, 1.165) is 9.20 Å². The van der Waals surface area contributed by atoms with Crippen LogP contribution in [0.4, 0.5) is 10.5 Å². The fourth-order valence-corrected chi connectivity index (χ4v) is 4.59. The van der Waals surface area contributed by atoms with Gasteiger partial charge in [0.1, 0.15) is 0 Å². The monoisotopic (exact) mass is 430 g/mol. The Bertz CT molecular complexity index is 794. The normalized spacial score (nSPS) is 15.5. The molecule has 0 saturated carbocycles. The van der Waals surface area contributed by atoms with Gasteiger partial charge in [0.15, 0.2) is 0 Å². The van der Waals surface area contributed by atoms with Crippen LogP contribution in [0.15, 0.2) is 29.2 Å². The lowest BCUT2D eigenvalue weighted by atomic mass is 10.3. The van der Waals surface area contributed by atoms with E-state index in [2.05, 4.69) is 5.32 Å². The number of para-hydroxylation sites is 1. The lowest BCUT2D eigenvalue weighted by Gasteiger charge is -2.35. The average Bonchev–Trinajstić information content (AvgIpc) is 2.68. The van der Waals surface area contributed by atoms with Crippen molar-refractivity contribution in [1.82, 2.24) is 13.5 Å². The van der Waals surface area contributed by atoms with Crippen molar-refractivity contribution in [2.75, 3.05) is 58.0 Å². The maximum Gasteiger partial charge on any atom is 0.409 e. The summed E-state index contributed by atoms with van der Waals surface area (Å²) in [6.45, 7) is 2.50. The zero-order valence-corrected chi connectivity index (χ0v) is 17.9. The number of piperazine rings is 1. The summed E-state index contributed by atoms with van der Waals surface area (Å²) in [7, 11) is -2.44. The molecule has 28 heavy (non-hydrogen) atoms. The van der Waals surface area contributed by atoms with Crippen LogP contribution in [0, 0.1) is 0 Å². The van der Waals surface area contributed by atoms with E-state index in [1.807, 2.05) is 18.4 Å². The molecule has 1 N–H and O–H groups in total. The van der Waals surface area contributed by atoms with Gasteiger partial charge < -0.3 is 15.0 Å². The number of nitrogens with one attached hydrogen (secondary N) is 1. The number of carbonyl (C=O) groups is 2. The van der Waals surface area contributed by atoms with Crippen molar-refractivity contribution in [3.63, 3.8) is 0 Å². The van der Waals surface area contributed by atoms with Crippen molar-refractivity contribution in [1.29, 1.82) is 0 Å². The highest BCUT2D eigenvalue weighted by atomic mass is 32.2. The second-order valence-corrected chi connectivity index (χ2v) is 8.98. The van der Waals surface area contributed by atoms with Crippen LogP contribution in [-0.4, -0.2) is 86.6 Å². The van der Waals surface area contributed by atoms with Crippen LogP contribution >= 0.6 is 11.8 Å². The minimum Gasteiger partial charge on any atom is -0.450 e. The van der Waals surface area contributed by atoms with Crippen molar-refractivity contribution in [3.05, 3.63) is 24.3 Å². The third-order valence-corrected chi connectivity index (χ3v) is 6.96. The number of benzene rings is 1. The first-order valence-corrected chi connectivity index (χ1v) is 11.5. The van der Waals surface area contributed by atoms with Gasteiger partial charge in [0.2, 0.25) is 5.91 Å². The maximum atomic E-state index is 12.7. The molecule has 0 bridgehead atoms. The topological polar surface area (TPSA) is 99.3 Å². The summed E-state index contributed by atoms with van der Waals surface area (Å²) in [6, 6.07) is 7.32. The van der Waals surface area contributed by atoms with Crippen molar-refractivity contribution < 1.29 is 22.7 Å². The lowest BCUT2D eigenvalue weighted by Crippen LogP contribution is -2.54. The first-order valence-electron chi connectivity index (χ1n) is 8.85. The number of hydrogen-bond donors (Lipinski definition) is 1. The van der Waals surface area contributed by atoms with Crippen LogP contribution in [-0.2, 0) is 19.7 Å². The highest BCUT2D eigenvalue weighted by Gasteiger charge is 2.32. The van der Waals surface area contributed by atoms with Gasteiger partial charge in [0, 0.05) is 38.1 Å². The zero-order chi connectivity index (χ0) is 20.7. The van der Waals surface area contributed by atoms with Gasteiger partial charge in [-0.15, -0.1) is 11.8 Å². The zero-order valence-electron chi connectivity index (χ0n) is 16.3. The number of anilines is 1. The number of ether oxygens (including phenoxy) is 1. The molecule has 1 fully saturated rings. The fraction of sp³-hybridized carbons (Fsp3) is 0.529. The molecular formula is C17H26N4O5S2. The highest BCUT2D eigenvalue weighted by molar-refractivity contribution is 7.98. The molecule has 0 spiro atoms. The van der Waals surface area contributed by atoms with E-state index in [9.17, 15) is 18.0 Å². The standard InChI is InChI=1S/C17H26N4O5S2/c1-4-26-17(23)20-9-11-21(12-10-20)28(24,25)19(2)13-16(22)18-14-7-5-6-8-15(14)27-3/h5-8H,4,9-13H2,1-3H3,(H,18,22). The molecule has 1 aromatic rings. The molecule has 2 amide bonds. The van der Waals surface area contributed by atoms with E-state index in [1.54, 1.807) is 19.1 Å². The summed E-state index contributed by atoms with van der Waals surface area (Å²) in [5.74, 6) is -0.419. The van der Waals surface area contributed by atoms with Crippen LogP contribution in [0.2, 0.25) is 0 Å². The number of nitrogens with zero attached hydrogens (tertiary/aromatic N) is 3. The fourth-order valence-electron chi connectivity index (χ4n) is 2.73. The van der Waals surface area contributed by atoms with Gasteiger partial charge in [-0.05, 0) is 25.3 Å². The maximum absolute atomic E-state index is 12.7. The van der Waals surface area contributed by atoms with Gasteiger partial charge in [-0.2, -0.15) is 17.0 Å². The average molecular weight is 431 g/mol. The number of rotatable bonds is 7. The Morgan fingerprint density at radius 1 is 1.21 bits per heavy atom. The molecule has 1 saturated heterocycles. The third-order valence-electron chi connectivity index (χ3n) is 4.23. The van der Waals surface area contributed by atoms with Crippen LogP contribution < -0.4 is 5.32 Å². The number of hydrogen-bond acceptors (Lipinski definition) is 6. The van der Waals surface area contributed by atoms with Crippen LogP contribution in [0.1, 0.15) is 6.92 Å². The Balaban J connectivity index is 1.93. The van der Waals surface area contributed by atoms with E-state index in [-0.39, 0.29) is 39.3 Å². The molecule has 1 aliphatic rings. The molecular weight excluding hydrogens is 404 g/mol. The van der Waals surface area contributed by atoms with E-state index in [1.165, 1.54) is 28.0 Å². The Hall–Kier alpha value is -1.82. The number of amides is 2. The summed E-state index contributed by atoms with van der Waals surface area (Å²) in [5.41, 5.74) is 0.647. The van der Waals surface area contributed by atoms with Gasteiger partial charge in [-0.1, -0.05) is 12.1 Å². The van der Waals surface area contributed by atoms with E-state index >= 15 is 0 Å². The first kappa shape index (κ1) is 22.5. The highest BCUT2D eigenvalue weighted by Crippen LogP contribution is 2.24. The van der Waals surface area contributed by atoms with Crippen molar-refractivity contribution >= 4 is 39.7 Å². The van der Waals surface area contributed by atoms with E-state index in [0.29, 0.717) is 5.69 Å². The Morgan fingerprint density at radius 3 is 2.46 bits per heavy atom. The summed E-state index contributed by atoms with van der Waals surface area (Å²) in [4.78, 5) is 26.4. The Kier molecular flexibility index (Phi) is 8.10. The molecule has 9 nitrogen and oxygen atoms in total. The minimum absolute atomic E-state index is 0.155. The minimum atomic E-state index is -3.80. The summed E-state index contributed by atoms with van der Waals surface area (Å²) in [6.07, 6.45) is 1.46. The number of thioether (sulfide) groups is 1. The van der Waals surface area contributed by atoms with Crippen molar-refractivity contribution in [2.45, 2.75) is 11.8 Å². The molecule has 1 aromatic carbocycles. The van der Waals surface area contributed by atoms with Gasteiger partial charge in [-0.3, -0.25) is 4.79 Å². The predicted molar refractivity (Wildman–Crippen MR) is 109 cm³/mol. The van der Waals surface area contributed by atoms with Gasteiger partial charge in [0.05, 0.1) is 18.8 Å². The molecule has 1 aliphatic heterocycles. The van der Waals surface area contributed by atoms with Gasteiger partial charge >= 0.3 is 6.09 Å². The molecule has 2 rings (SSSR count). The lowest BCUT2D eigenvalue weighted by molar-refractivity contribution is -0.116. The SMILES string of the molecule is CCOC(=O)N1CCN(S(=O)(=O)N(C)CC(=O)Nc2ccccc2SC)CC1. The second-order valence-electron chi connectivity index (χ2n) is 6.10. The molecule has 0 aromatic heterocycles. The molecule has 156 valence electrons. The number of carbonyl (C=O) groups excluding carboxylic acids is 2. The van der Waals surface area contributed by atoms with Crippen LogP contribution in [0.5, 0.6) is 0 Å². The smallest absolute Gasteiger partial charge is 0.409 e. The van der Waals surface area contributed by atoms with Gasteiger partial charge in [-0.25, -0.2) is 4.79 Å². The quantitative estimate of drug-likeness (QED) is 0.655. The van der Waals surface area contributed by atoms with E-state index < -0.39 is 22.2 Å². The van der Waals surface area contributed by atoms with Gasteiger partial charge in [0.25, 0.3) is 10.2 Å². The Morgan fingerprint density at radius 2 is 1.86 bits per heavy atom. The van der Waals surface area contributed by atoms with Crippen molar-refractivity contribution in [2.24, 2.45) is 0 Å². The summed E-state index contributed by atoms with van der Waals surface area (Å²) >= 11 is 1.49. The molecule has 1 heterocycles. The Labute approximate surface area is 170 Å². The van der Waals surface area contributed by atoms with E-state index in [4.69, 9.17) is 4.74 Å². The largest absolute Gasteiger partial charge is 0.450 e. The second kappa shape index (κ2) is 10.1. The first-order chi connectivity index (χ1) is 13.3. The number of likely N-dealkylation sites (N-methyl/N-ethyl adjacent to an activating group) is 1. The molecule has 11 heteroatoms. The molecule has 0 unspecified atom stereocenters. The van der Waals surface area contributed by atoms with Crippen molar-refractivity contribution in [3.8, 4) is 0 Å². The molecule has 0 atom stereocenters. The molecule has 0 aliphatic carbocycles. The third kappa shape index (κ3) is 5.60.